The molecule has 2 aromatic carbocycles. The number of rotatable bonds is 0. The first kappa shape index (κ1) is 14.8. The van der Waals surface area contributed by atoms with E-state index in [1.807, 2.05) is 17.9 Å². The Morgan fingerprint density at radius 1 is 1.00 bits per heavy atom. The van der Waals surface area contributed by atoms with E-state index in [1.165, 1.54) is 0 Å². The molecule has 0 spiro atoms. The van der Waals surface area contributed by atoms with Gasteiger partial charge in [0.2, 0.25) is 9.84 Å². The number of hydrogen-bond acceptors (Lipinski definition) is 5. The highest BCUT2D eigenvalue weighted by Crippen LogP contribution is 2.54. The van der Waals surface area contributed by atoms with Gasteiger partial charge in [-0.1, -0.05) is 12.1 Å². The highest BCUT2D eigenvalue weighted by molar-refractivity contribution is 7.92. The van der Waals surface area contributed by atoms with Gasteiger partial charge in [0.15, 0.2) is 5.82 Å². The van der Waals surface area contributed by atoms with E-state index in [9.17, 15) is 12.6 Å². The van der Waals surface area contributed by atoms with Crippen molar-refractivity contribution >= 4 is 37.8 Å². The van der Waals surface area contributed by atoms with E-state index in [0.29, 0.717) is 27.0 Å². The average Bonchev–Trinajstić information content (AvgIpc) is 2.61. The van der Waals surface area contributed by atoms with Gasteiger partial charge in [-0.15, -0.1) is 0 Å². The van der Waals surface area contributed by atoms with E-state index < -0.39 is 20.6 Å². The monoisotopic (exact) mass is 368 g/mol. The Balaban J connectivity index is 2.00. The number of nitrogens with zero attached hydrogens (tertiary/aromatic N) is 2. The van der Waals surface area contributed by atoms with E-state index in [2.05, 4.69) is 4.98 Å². The lowest BCUT2D eigenvalue weighted by Gasteiger charge is -2.37. The van der Waals surface area contributed by atoms with Gasteiger partial charge in [-0.05, 0) is 48.9 Å². The maximum atomic E-state index is 13.1. The molecular formula is C18H12N2O3S2. The predicted molar refractivity (Wildman–Crippen MR) is 93.8 cm³/mol. The van der Waals surface area contributed by atoms with E-state index in [0.717, 1.165) is 5.56 Å². The predicted octanol–water partition coefficient (Wildman–Crippen LogP) is 3.49. The number of benzene rings is 2. The molecule has 2 aliphatic rings. The van der Waals surface area contributed by atoms with E-state index in [-0.39, 0.29) is 9.79 Å². The summed E-state index contributed by atoms with van der Waals surface area (Å²) in [5.74, 6) is 0.516. The molecule has 1 unspecified atom stereocenters. The number of sulfone groups is 1. The van der Waals surface area contributed by atoms with E-state index in [1.54, 1.807) is 48.7 Å². The molecule has 0 amide bonds. The third-order valence-electron chi connectivity index (χ3n) is 4.48. The quantitative estimate of drug-likeness (QED) is 0.419. The number of anilines is 3. The van der Waals surface area contributed by atoms with Crippen molar-refractivity contribution in [2.45, 2.75) is 26.5 Å². The van der Waals surface area contributed by atoms with Crippen LogP contribution in [-0.4, -0.2) is 17.6 Å². The molecule has 0 saturated heterocycles. The van der Waals surface area contributed by atoms with E-state index in [4.69, 9.17) is 0 Å². The van der Waals surface area contributed by atoms with Gasteiger partial charge in [-0.2, -0.15) is 0 Å². The van der Waals surface area contributed by atoms with Gasteiger partial charge in [-0.3, -0.25) is 4.90 Å². The summed E-state index contributed by atoms with van der Waals surface area (Å²) >= 11 is 0. The summed E-state index contributed by atoms with van der Waals surface area (Å²) in [7, 11) is -5.15. The first-order valence-electron chi connectivity index (χ1n) is 7.66. The van der Waals surface area contributed by atoms with Crippen LogP contribution in [0.1, 0.15) is 5.56 Å². The molecule has 1 atom stereocenters. The van der Waals surface area contributed by atoms with Gasteiger partial charge in [-0.25, -0.2) is 17.6 Å². The molecule has 7 heteroatoms. The second-order valence-corrected chi connectivity index (χ2v) is 9.31. The van der Waals surface area contributed by atoms with Gasteiger partial charge in [0.25, 0.3) is 0 Å². The standard InChI is InChI=1S/C18H12N2O3S2/c1-11-7-8-15-12(10-11)20-17-13(4-2-6-16(17)25(15,22)23)24(21)14-5-3-9-19-18(14)20/h2-10H,1H3. The highest BCUT2D eigenvalue weighted by Gasteiger charge is 2.41. The fraction of sp³-hybridized carbons (Fsp3) is 0.0556. The van der Waals surface area contributed by atoms with Crippen LogP contribution in [0, 0.1) is 6.92 Å². The first-order valence-corrected chi connectivity index (χ1v) is 10.3. The number of pyridine rings is 1. The molecule has 0 aliphatic carbocycles. The van der Waals surface area contributed by atoms with Crippen molar-refractivity contribution in [2.75, 3.05) is 4.90 Å². The minimum absolute atomic E-state index is 0.172. The zero-order chi connectivity index (χ0) is 17.3. The van der Waals surface area contributed by atoms with Crippen LogP contribution in [0.3, 0.4) is 0 Å². The van der Waals surface area contributed by atoms with Gasteiger partial charge in [0.1, 0.15) is 0 Å². The molecule has 3 aromatic rings. The second kappa shape index (κ2) is 4.77. The molecule has 124 valence electrons. The van der Waals surface area contributed by atoms with Crippen LogP contribution in [-0.2, 0) is 20.6 Å². The summed E-state index contributed by atoms with van der Waals surface area (Å²) in [4.78, 5) is 7.73. The molecule has 2 aliphatic heterocycles. The third kappa shape index (κ3) is 1.79. The Kier molecular flexibility index (Phi) is 2.82. The van der Waals surface area contributed by atoms with Gasteiger partial charge >= 0.3 is 0 Å². The highest BCUT2D eigenvalue weighted by atomic mass is 32.2. The summed E-state index contributed by atoms with van der Waals surface area (Å²) in [6, 6.07) is 13.7. The zero-order valence-corrected chi connectivity index (χ0v) is 14.8. The molecule has 25 heavy (non-hydrogen) atoms. The molecule has 0 saturated carbocycles. The first-order chi connectivity index (χ1) is 12.0. The van der Waals surface area contributed by atoms with Gasteiger partial charge in [0, 0.05) is 6.20 Å². The maximum Gasteiger partial charge on any atom is 0.210 e. The lowest BCUT2D eigenvalue weighted by molar-refractivity contribution is 0.594. The minimum atomic E-state index is -3.68. The van der Waals surface area contributed by atoms with Crippen molar-refractivity contribution in [3.63, 3.8) is 0 Å². The summed E-state index contributed by atoms with van der Waals surface area (Å²) in [5, 5.41) is 0. The number of para-hydroxylation sites is 1. The molecule has 0 fully saturated rings. The largest absolute Gasteiger partial charge is 0.290 e. The summed E-state index contributed by atoms with van der Waals surface area (Å²) < 4.78 is 39.2. The van der Waals surface area contributed by atoms with Crippen molar-refractivity contribution in [1.82, 2.24) is 4.98 Å². The van der Waals surface area contributed by atoms with Crippen LogP contribution >= 0.6 is 0 Å². The molecule has 1 aromatic heterocycles. The lowest BCUT2D eigenvalue weighted by Crippen LogP contribution is -2.28. The molecule has 0 radical (unpaired) electrons. The Hall–Kier alpha value is -2.51. The summed E-state index contributed by atoms with van der Waals surface area (Å²) in [6.07, 6.45) is 1.63. The van der Waals surface area contributed by atoms with Crippen LogP contribution in [0.4, 0.5) is 17.2 Å². The number of aromatic nitrogens is 1. The van der Waals surface area contributed by atoms with Crippen LogP contribution in [0.2, 0.25) is 0 Å². The normalized spacial score (nSPS) is 18.9. The molecule has 5 nitrogen and oxygen atoms in total. The second-order valence-electron chi connectivity index (χ2n) is 6.01. The Bertz CT molecular complexity index is 1200. The van der Waals surface area contributed by atoms with Crippen LogP contribution in [0.15, 0.2) is 74.3 Å². The zero-order valence-electron chi connectivity index (χ0n) is 13.1. The van der Waals surface area contributed by atoms with E-state index >= 15 is 0 Å². The molecule has 3 heterocycles. The van der Waals surface area contributed by atoms with Crippen LogP contribution in [0.5, 0.6) is 0 Å². The molecular weight excluding hydrogens is 356 g/mol. The number of fused-ring (bicyclic) bond motifs is 4. The van der Waals surface area contributed by atoms with Crippen LogP contribution in [0.25, 0.3) is 0 Å². The summed E-state index contributed by atoms with van der Waals surface area (Å²) in [5.41, 5.74) is 1.95. The van der Waals surface area contributed by atoms with Crippen molar-refractivity contribution < 1.29 is 12.6 Å². The van der Waals surface area contributed by atoms with Crippen molar-refractivity contribution in [3.05, 3.63) is 60.3 Å². The number of aryl methyl sites for hydroxylation is 1. The van der Waals surface area contributed by atoms with Crippen molar-refractivity contribution in [3.8, 4) is 0 Å². The fourth-order valence-corrected chi connectivity index (χ4v) is 6.41. The lowest BCUT2D eigenvalue weighted by atomic mass is 10.1. The van der Waals surface area contributed by atoms with Crippen molar-refractivity contribution in [2.24, 2.45) is 0 Å². The Morgan fingerprint density at radius 2 is 1.80 bits per heavy atom. The van der Waals surface area contributed by atoms with Gasteiger partial charge in [0.05, 0.1) is 41.8 Å². The molecule has 0 bridgehead atoms. The number of hydrogen-bond donors (Lipinski definition) is 0. The Morgan fingerprint density at radius 3 is 2.64 bits per heavy atom. The average molecular weight is 368 g/mol. The Labute approximate surface area is 147 Å². The maximum absolute atomic E-state index is 13.1. The summed E-state index contributed by atoms with van der Waals surface area (Å²) in [6.45, 7) is 1.91. The fourth-order valence-electron chi connectivity index (χ4n) is 3.39. The smallest absolute Gasteiger partial charge is 0.210 e. The van der Waals surface area contributed by atoms with Crippen LogP contribution < -0.4 is 4.90 Å². The molecule has 0 N–H and O–H groups in total. The SMILES string of the molecule is Cc1ccc2c(c1)N1c3ncccc3S(=O)c3cccc(c31)S2(=O)=O. The minimum Gasteiger partial charge on any atom is -0.290 e. The molecule has 5 rings (SSSR count). The van der Waals surface area contributed by atoms with Gasteiger partial charge < -0.3 is 0 Å². The third-order valence-corrected chi connectivity index (χ3v) is 7.76. The topological polar surface area (TPSA) is 67.3 Å². The van der Waals surface area contributed by atoms with Crippen molar-refractivity contribution in [1.29, 1.82) is 0 Å².